The monoisotopic (exact) mass is 202 g/mol. The molecule has 5 nitrogen and oxygen atoms in total. The Kier molecular flexibility index (Phi) is 2.45. The van der Waals surface area contributed by atoms with Crippen LogP contribution in [0.1, 0.15) is 11.1 Å². The Labute approximate surface area is 86.7 Å². The number of benzene rings is 1. The van der Waals surface area contributed by atoms with Gasteiger partial charge in [-0.05, 0) is 24.6 Å². The molecular weight excluding hydrogens is 192 g/mol. The second kappa shape index (κ2) is 3.91. The van der Waals surface area contributed by atoms with E-state index in [1.54, 1.807) is 18.3 Å². The average Bonchev–Trinajstić information content (AvgIpc) is 2.69. The largest absolute Gasteiger partial charge is 0.507 e. The molecule has 0 radical (unpaired) electrons. The normalized spacial score (nSPS) is 11.0. The minimum atomic E-state index is 0.215. The van der Waals surface area contributed by atoms with Crippen molar-refractivity contribution in [3.05, 3.63) is 42.0 Å². The first-order chi connectivity index (χ1) is 7.25. The summed E-state index contributed by atoms with van der Waals surface area (Å²) in [7, 11) is 0. The van der Waals surface area contributed by atoms with E-state index in [0.29, 0.717) is 5.56 Å². The van der Waals surface area contributed by atoms with E-state index < -0.39 is 0 Å². The molecule has 0 saturated carbocycles. The number of aromatic nitrogens is 3. The summed E-state index contributed by atoms with van der Waals surface area (Å²) in [6.45, 7) is 1.92. The van der Waals surface area contributed by atoms with E-state index >= 15 is 0 Å². The number of aryl methyl sites for hydroxylation is 1. The van der Waals surface area contributed by atoms with Crippen LogP contribution in [0, 0.1) is 6.92 Å². The molecule has 2 aromatic rings. The van der Waals surface area contributed by atoms with Crippen molar-refractivity contribution in [1.82, 2.24) is 14.9 Å². The lowest BCUT2D eigenvalue weighted by molar-refractivity contribution is 0.474. The van der Waals surface area contributed by atoms with Crippen LogP contribution < -0.4 is 0 Å². The molecule has 0 bridgehead atoms. The molecule has 1 aromatic carbocycles. The van der Waals surface area contributed by atoms with E-state index in [0.717, 1.165) is 5.56 Å². The van der Waals surface area contributed by atoms with Crippen molar-refractivity contribution >= 4 is 6.21 Å². The molecule has 2 rings (SSSR count). The number of aromatic hydroxyl groups is 1. The molecule has 15 heavy (non-hydrogen) atoms. The number of nitrogens with zero attached hydrogens (tertiary/aromatic N) is 4. The zero-order valence-electron chi connectivity index (χ0n) is 8.20. The summed E-state index contributed by atoms with van der Waals surface area (Å²) < 4.78 is 1.46. The van der Waals surface area contributed by atoms with Crippen LogP contribution in [0.15, 0.2) is 36.0 Å². The lowest BCUT2D eigenvalue weighted by Gasteiger charge is -1.99. The first kappa shape index (κ1) is 9.39. The molecular formula is C10H10N4O. The predicted molar refractivity (Wildman–Crippen MR) is 55.9 cm³/mol. The van der Waals surface area contributed by atoms with Crippen molar-refractivity contribution in [3.63, 3.8) is 0 Å². The van der Waals surface area contributed by atoms with Gasteiger partial charge in [0.15, 0.2) is 0 Å². The summed E-state index contributed by atoms with van der Waals surface area (Å²) in [6, 6.07) is 5.40. The molecule has 0 aliphatic heterocycles. The Balaban J connectivity index is 2.24. The quantitative estimate of drug-likeness (QED) is 0.743. The van der Waals surface area contributed by atoms with Crippen LogP contribution >= 0.6 is 0 Å². The van der Waals surface area contributed by atoms with Gasteiger partial charge in [0.1, 0.15) is 18.4 Å². The second-order valence-corrected chi connectivity index (χ2v) is 3.15. The summed E-state index contributed by atoms with van der Waals surface area (Å²) in [6.07, 6.45) is 4.50. The first-order valence-electron chi connectivity index (χ1n) is 4.44. The fourth-order valence-electron chi connectivity index (χ4n) is 1.15. The zero-order chi connectivity index (χ0) is 10.7. The molecule has 0 saturated heterocycles. The molecule has 5 heteroatoms. The predicted octanol–water partition coefficient (Wildman–Crippen LogP) is 1.17. The second-order valence-electron chi connectivity index (χ2n) is 3.15. The Morgan fingerprint density at radius 2 is 2.07 bits per heavy atom. The minimum absolute atomic E-state index is 0.215. The number of rotatable bonds is 2. The van der Waals surface area contributed by atoms with Crippen molar-refractivity contribution in [2.75, 3.05) is 0 Å². The topological polar surface area (TPSA) is 63.3 Å². The van der Waals surface area contributed by atoms with E-state index in [9.17, 15) is 5.11 Å². The SMILES string of the molecule is Cc1ccc(/C=N\n2cnnc2)c(O)c1. The van der Waals surface area contributed by atoms with E-state index in [2.05, 4.69) is 15.3 Å². The Morgan fingerprint density at radius 1 is 1.33 bits per heavy atom. The third kappa shape index (κ3) is 2.19. The number of hydrogen-bond acceptors (Lipinski definition) is 4. The first-order valence-corrected chi connectivity index (χ1v) is 4.44. The third-order valence-corrected chi connectivity index (χ3v) is 1.92. The zero-order valence-corrected chi connectivity index (χ0v) is 8.20. The van der Waals surface area contributed by atoms with Crippen LogP contribution in [0.25, 0.3) is 0 Å². The Hall–Kier alpha value is -2.17. The highest BCUT2D eigenvalue weighted by Gasteiger charge is 1.97. The van der Waals surface area contributed by atoms with Crippen molar-refractivity contribution in [3.8, 4) is 5.75 Å². The summed E-state index contributed by atoms with van der Waals surface area (Å²) in [5.41, 5.74) is 1.67. The molecule has 0 amide bonds. The van der Waals surface area contributed by atoms with Gasteiger partial charge in [0.05, 0.1) is 6.21 Å². The lowest BCUT2D eigenvalue weighted by Crippen LogP contribution is -1.88. The van der Waals surface area contributed by atoms with Crippen molar-refractivity contribution in [2.24, 2.45) is 5.10 Å². The minimum Gasteiger partial charge on any atom is -0.507 e. The van der Waals surface area contributed by atoms with Gasteiger partial charge >= 0.3 is 0 Å². The molecule has 1 heterocycles. The van der Waals surface area contributed by atoms with E-state index in [-0.39, 0.29) is 5.75 Å². The summed E-state index contributed by atoms with van der Waals surface area (Å²) in [5.74, 6) is 0.215. The van der Waals surface area contributed by atoms with Gasteiger partial charge in [-0.3, -0.25) is 0 Å². The molecule has 0 atom stereocenters. The molecule has 76 valence electrons. The summed E-state index contributed by atoms with van der Waals surface area (Å²) in [4.78, 5) is 0. The maximum absolute atomic E-state index is 9.59. The van der Waals surface area contributed by atoms with Crippen molar-refractivity contribution in [2.45, 2.75) is 6.92 Å². The van der Waals surface area contributed by atoms with E-state index in [1.807, 2.05) is 13.0 Å². The third-order valence-electron chi connectivity index (χ3n) is 1.92. The van der Waals surface area contributed by atoms with Crippen LogP contribution in [0.4, 0.5) is 0 Å². The van der Waals surface area contributed by atoms with Gasteiger partial charge in [-0.1, -0.05) is 6.07 Å². The van der Waals surface area contributed by atoms with Crippen LogP contribution in [-0.4, -0.2) is 26.2 Å². The van der Waals surface area contributed by atoms with Crippen molar-refractivity contribution in [1.29, 1.82) is 0 Å². The van der Waals surface area contributed by atoms with Gasteiger partial charge in [-0.15, -0.1) is 10.2 Å². The van der Waals surface area contributed by atoms with Crippen LogP contribution in [0.3, 0.4) is 0 Å². The highest BCUT2D eigenvalue weighted by Crippen LogP contribution is 2.16. The van der Waals surface area contributed by atoms with Gasteiger partial charge in [-0.2, -0.15) is 5.10 Å². The summed E-state index contributed by atoms with van der Waals surface area (Å²) >= 11 is 0. The maximum atomic E-state index is 9.59. The average molecular weight is 202 g/mol. The van der Waals surface area contributed by atoms with Gasteiger partial charge in [0.25, 0.3) is 0 Å². The number of hydrogen-bond donors (Lipinski definition) is 1. The molecule has 1 N–H and O–H groups in total. The van der Waals surface area contributed by atoms with Gasteiger partial charge < -0.3 is 5.11 Å². The smallest absolute Gasteiger partial charge is 0.141 e. The lowest BCUT2D eigenvalue weighted by atomic mass is 10.1. The standard InChI is InChI=1S/C10H10N4O/c1-8-2-3-9(10(15)4-8)5-13-14-6-11-12-7-14/h2-7,15H,1H3/b13-5-. The van der Waals surface area contributed by atoms with Crippen LogP contribution in [-0.2, 0) is 0 Å². The fraction of sp³-hybridized carbons (Fsp3) is 0.100. The molecule has 0 fully saturated rings. The Morgan fingerprint density at radius 3 is 2.73 bits per heavy atom. The molecule has 0 spiro atoms. The highest BCUT2D eigenvalue weighted by molar-refractivity contribution is 5.83. The van der Waals surface area contributed by atoms with E-state index in [4.69, 9.17) is 0 Å². The molecule has 1 aromatic heterocycles. The summed E-state index contributed by atoms with van der Waals surface area (Å²) in [5, 5.41) is 20.8. The van der Waals surface area contributed by atoms with Gasteiger partial charge in [0, 0.05) is 5.56 Å². The number of phenols is 1. The van der Waals surface area contributed by atoms with Crippen molar-refractivity contribution < 1.29 is 5.11 Å². The van der Waals surface area contributed by atoms with Gasteiger partial charge in [-0.25, -0.2) is 4.68 Å². The highest BCUT2D eigenvalue weighted by atomic mass is 16.3. The maximum Gasteiger partial charge on any atom is 0.141 e. The molecule has 0 unspecified atom stereocenters. The fourth-order valence-corrected chi connectivity index (χ4v) is 1.15. The molecule has 0 aliphatic rings. The van der Waals surface area contributed by atoms with Crippen LogP contribution in [0.5, 0.6) is 5.75 Å². The molecule has 0 aliphatic carbocycles. The van der Waals surface area contributed by atoms with E-state index in [1.165, 1.54) is 17.3 Å². The van der Waals surface area contributed by atoms with Crippen LogP contribution in [0.2, 0.25) is 0 Å². The van der Waals surface area contributed by atoms with Gasteiger partial charge in [0.2, 0.25) is 0 Å². The number of phenolic OH excluding ortho intramolecular Hbond substituents is 1. The Bertz CT molecular complexity index is 476.